The van der Waals surface area contributed by atoms with Gasteiger partial charge in [0.05, 0.1) is 5.92 Å². The molecule has 1 aliphatic rings. The molecule has 4 heteroatoms. The molecule has 2 rings (SSSR count). The van der Waals surface area contributed by atoms with Crippen LogP contribution in [0.5, 0.6) is 0 Å². The summed E-state index contributed by atoms with van der Waals surface area (Å²) in [5.41, 5.74) is 1.07. The summed E-state index contributed by atoms with van der Waals surface area (Å²) in [6.07, 6.45) is 5.83. The number of aliphatic carboxylic acids is 1. The first-order chi connectivity index (χ1) is 7.18. The summed E-state index contributed by atoms with van der Waals surface area (Å²) in [4.78, 5) is 15.1. The molecule has 2 heterocycles. The lowest BCUT2D eigenvalue weighted by molar-refractivity contribution is -0.141. The molecular weight excluding hydrogens is 192 g/mol. The van der Waals surface area contributed by atoms with Gasteiger partial charge in [0.15, 0.2) is 0 Å². The van der Waals surface area contributed by atoms with Crippen LogP contribution >= 0.6 is 0 Å². The second-order valence-electron chi connectivity index (χ2n) is 4.22. The SMILES string of the molecule is CC(Cc1cnc2n1CCCC2)C(=O)O. The van der Waals surface area contributed by atoms with E-state index in [1.54, 1.807) is 6.92 Å². The molecule has 4 nitrogen and oxygen atoms in total. The van der Waals surface area contributed by atoms with E-state index in [-0.39, 0.29) is 5.92 Å². The first-order valence-electron chi connectivity index (χ1n) is 5.44. The molecule has 15 heavy (non-hydrogen) atoms. The number of hydrogen-bond acceptors (Lipinski definition) is 2. The lowest BCUT2D eigenvalue weighted by atomic mass is 10.1. The highest BCUT2D eigenvalue weighted by atomic mass is 16.4. The van der Waals surface area contributed by atoms with E-state index in [1.165, 1.54) is 12.8 Å². The van der Waals surface area contributed by atoms with Crippen LogP contribution in [0.3, 0.4) is 0 Å². The van der Waals surface area contributed by atoms with Gasteiger partial charge in [-0.15, -0.1) is 0 Å². The molecule has 0 saturated heterocycles. The zero-order valence-corrected chi connectivity index (χ0v) is 8.94. The number of rotatable bonds is 3. The number of carbonyl (C=O) groups is 1. The number of imidazole rings is 1. The normalized spacial score (nSPS) is 17.1. The lowest BCUT2D eigenvalue weighted by Gasteiger charge is -2.17. The summed E-state index contributed by atoms with van der Waals surface area (Å²) in [5, 5.41) is 8.86. The Balaban J connectivity index is 2.15. The van der Waals surface area contributed by atoms with Gasteiger partial charge in [0.1, 0.15) is 5.82 Å². The van der Waals surface area contributed by atoms with E-state index in [4.69, 9.17) is 5.11 Å². The number of carboxylic acid groups (broad SMARTS) is 1. The van der Waals surface area contributed by atoms with E-state index in [0.717, 1.165) is 24.5 Å². The van der Waals surface area contributed by atoms with E-state index < -0.39 is 5.97 Å². The third kappa shape index (κ3) is 2.03. The molecule has 1 aromatic rings. The van der Waals surface area contributed by atoms with Crippen LogP contribution in [0.25, 0.3) is 0 Å². The Kier molecular flexibility index (Phi) is 2.75. The van der Waals surface area contributed by atoms with Gasteiger partial charge in [-0.05, 0) is 12.8 Å². The standard InChI is InChI=1S/C11H16N2O2/c1-8(11(14)15)6-9-7-12-10-4-2-3-5-13(9)10/h7-8H,2-6H2,1H3,(H,14,15). The van der Waals surface area contributed by atoms with E-state index in [2.05, 4.69) is 9.55 Å². The minimum absolute atomic E-state index is 0.326. The van der Waals surface area contributed by atoms with Crippen molar-refractivity contribution >= 4 is 5.97 Å². The summed E-state index contributed by atoms with van der Waals surface area (Å²) in [7, 11) is 0. The molecule has 1 aliphatic heterocycles. The van der Waals surface area contributed by atoms with Gasteiger partial charge in [-0.1, -0.05) is 6.92 Å². The third-order valence-electron chi connectivity index (χ3n) is 2.99. The number of nitrogens with zero attached hydrogens (tertiary/aromatic N) is 2. The van der Waals surface area contributed by atoms with Crippen molar-refractivity contribution in [3.05, 3.63) is 17.7 Å². The smallest absolute Gasteiger partial charge is 0.306 e. The molecule has 0 fully saturated rings. The maximum Gasteiger partial charge on any atom is 0.306 e. The quantitative estimate of drug-likeness (QED) is 0.818. The summed E-state index contributed by atoms with van der Waals surface area (Å²) in [5.74, 6) is 0.0583. The summed E-state index contributed by atoms with van der Waals surface area (Å²) in [6, 6.07) is 0. The van der Waals surface area contributed by atoms with Crippen molar-refractivity contribution in [3.63, 3.8) is 0 Å². The lowest BCUT2D eigenvalue weighted by Crippen LogP contribution is -2.18. The molecule has 0 aliphatic carbocycles. The van der Waals surface area contributed by atoms with Gasteiger partial charge in [-0.3, -0.25) is 4.79 Å². The third-order valence-corrected chi connectivity index (χ3v) is 2.99. The van der Waals surface area contributed by atoms with Crippen LogP contribution in [0.2, 0.25) is 0 Å². The highest BCUT2D eigenvalue weighted by Crippen LogP contribution is 2.18. The Labute approximate surface area is 88.9 Å². The van der Waals surface area contributed by atoms with Crippen molar-refractivity contribution in [1.29, 1.82) is 0 Å². The fourth-order valence-corrected chi connectivity index (χ4v) is 2.04. The highest BCUT2D eigenvalue weighted by Gasteiger charge is 2.18. The molecule has 1 unspecified atom stereocenters. The topological polar surface area (TPSA) is 55.1 Å². The molecule has 0 bridgehead atoms. The van der Waals surface area contributed by atoms with Gasteiger partial charge in [0.25, 0.3) is 0 Å². The van der Waals surface area contributed by atoms with Gasteiger partial charge in [0, 0.05) is 31.3 Å². The van der Waals surface area contributed by atoms with E-state index in [0.29, 0.717) is 6.42 Å². The van der Waals surface area contributed by atoms with Crippen molar-refractivity contribution in [3.8, 4) is 0 Å². The van der Waals surface area contributed by atoms with Crippen LogP contribution < -0.4 is 0 Å². The second-order valence-corrected chi connectivity index (χ2v) is 4.22. The molecule has 0 amide bonds. The van der Waals surface area contributed by atoms with Crippen LogP contribution in [0, 0.1) is 5.92 Å². The Morgan fingerprint density at radius 3 is 3.20 bits per heavy atom. The van der Waals surface area contributed by atoms with Crippen LogP contribution in [-0.2, 0) is 24.2 Å². The summed E-state index contributed by atoms with van der Waals surface area (Å²) < 4.78 is 2.18. The van der Waals surface area contributed by atoms with Gasteiger partial charge >= 0.3 is 5.97 Å². The summed E-state index contributed by atoms with van der Waals surface area (Å²) >= 11 is 0. The molecule has 0 aromatic carbocycles. The number of fused-ring (bicyclic) bond motifs is 1. The first-order valence-corrected chi connectivity index (χ1v) is 5.44. The fourth-order valence-electron chi connectivity index (χ4n) is 2.04. The van der Waals surface area contributed by atoms with Crippen LogP contribution in [0.1, 0.15) is 31.3 Å². The van der Waals surface area contributed by atoms with Crippen molar-refractivity contribution in [2.75, 3.05) is 0 Å². The first kappa shape index (κ1) is 10.2. The highest BCUT2D eigenvalue weighted by molar-refractivity contribution is 5.69. The Morgan fingerprint density at radius 1 is 1.67 bits per heavy atom. The predicted molar refractivity (Wildman–Crippen MR) is 55.7 cm³/mol. The molecule has 1 aromatic heterocycles. The number of carboxylic acids is 1. The fraction of sp³-hybridized carbons (Fsp3) is 0.636. The van der Waals surface area contributed by atoms with Crippen molar-refractivity contribution in [2.24, 2.45) is 5.92 Å². The molecule has 0 saturated carbocycles. The van der Waals surface area contributed by atoms with Crippen LogP contribution in [0.4, 0.5) is 0 Å². The molecular formula is C11H16N2O2. The molecule has 82 valence electrons. The molecule has 1 N–H and O–H groups in total. The van der Waals surface area contributed by atoms with E-state index in [1.807, 2.05) is 6.20 Å². The number of hydrogen-bond donors (Lipinski definition) is 1. The average Bonchev–Trinajstić information content (AvgIpc) is 2.62. The maximum absolute atomic E-state index is 10.8. The average molecular weight is 208 g/mol. The Hall–Kier alpha value is -1.32. The Bertz CT molecular complexity index is 371. The van der Waals surface area contributed by atoms with Crippen molar-refractivity contribution in [1.82, 2.24) is 9.55 Å². The van der Waals surface area contributed by atoms with Gasteiger partial charge < -0.3 is 9.67 Å². The molecule has 0 spiro atoms. The number of aryl methyl sites for hydroxylation is 1. The van der Waals surface area contributed by atoms with Crippen LogP contribution in [-0.4, -0.2) is 20.6 Å². The van der Waals surface area contributed by atoms with Gasteiger partial charge in [-0.25, -0.2) is 4.98 Å². The van der Waals surface area contributed by atoms with Gasteiger partial charge in [-0.2, -0.15) is 0 Å². The van der Waals surface area contributed by atoms with Crippen molar-refractivity contribution < 1.29 is 9.90 Å². The number of aromatic nitrogens is 2. The van der Waals surface area contributed by atoms with E-state index >= 15 is 0 Å². The second kappa shape index (κ2) is 4.04. The maximum atomic E-state index is 10.8. The summed E-state index contributed by atoms with van der Waals surface area (Å²) in [6.45, 7) is 2.74. The van der Waals surface area contributed by atoms with Crippen LogP contribution in [0.15, 0.2) is 6.20 Å². The monoisotopic (exact) mass is 208 g/mol. The predicted octanol–water partition coefficient (Wildman–Crippen LogP) is 1.48. The largest absolute Gasteiger partial charge is 0.481 e. The zero-order chi connectivity index (χ0) is 10.8. The van der Waals surface area contributed by atoms with E-state index in [9.17, 15) is 4.79 Å². The molecule has 1 atom stereocenters. The molecule has 0 radical (unpaired) electrons. The minimum atomic E-state index is -0.735. The minimum Gasteiger partial charge on any atom is -0.481 e. The zero-order valence-electron chi connectivity index (χ0n) is 8.94. The van der Waals surface area contributed by atoms with Crippen molar-refractivity contribution in [2.45, 2.75) is 39.2 Å². The Morgan fingerprint density at radius 2 is 2.47 bits per heavy atom. The van der Waals surface area contributed by atoms with Gasteiger partial charge in [0.2, 0.25) is 0 Å².